The molecule has 0 spiro atoms. The number of hydrogen-bond acceptors (Lipinski definition) is 3. The van der Waals surface area contributed by atoms with Gasteiger partial charge in [0.25, 0.3) is 0 Å². The third-order valence-electron chi connectivity index (χ3n) is 7.11. The molecule has 2 heterocycles. The third kappa shape index (κ3) is 3.01. The van der Waals surface area contributed by atoms with Crippen LogP contribution in [0.25, 0.3) is 42.1 Å². The van der Waals surface area contributed by atoms with Gasteiger partial charge in [0.2, 0.25) is 0 Å². The molecule has 1 fully saturated rings. The van der Waals surface area contributed by atoms with Crippen LogP contribution in [0, 0.1) is 0 Å². The molecule has 1 saturated heterocycles. The molecule has 0 amide bonds. The summed E-state index contributed by atoms with van der Waals surface area (Å²) in [6.45, 7) is 8.37. The Kier molecular flexibility index (Phi) is 4.32. The van der Waals surface area contributed by atoms with Crippen LogP contribution in [0.1, 0.15) is 27.7 Å². The van der Waals surface area contributed by atoms with Crippen molar-refractivity contribution in [1.82, 2.24) is 0 Å². The molecule has 0 bridgehead atoms. The molecule has 0 unspecified atom stereocenters. The highest BCUT2D eigenvalue weighted by molar-refractivity contribution is 7.26. The first kappa shape index (κ1) is 20.0. The quantitative estimate of drug-likeness (QED) is 0.273. The lowest BCUT2D eigenvalue weighted by molar-refractivity contribution is 0.00578. The summed E-state index contributed by atoms with van der Waals surface area (Å²) in [6.07, 6.45) is 0. The van der Waals surface area contributed by atoms with E-state index in [0.717, 1.165) is 5.46 Å². The van der Waals surface area contributed by atoms with E-state index in [0.29, 0.717) is 0 Å². The lowest BCUT2D eigenvalue weighted by atomic mass is 9.78. The van der Waals surface area contributed by atoms with Crippen LogP contribution in [-0.4, -0.2) is 18.3 Å². The van der Waals surface area contributed by atoms with Gasteiger partial charge in [0.1, 0.15) is 0 Å². The van der Waals surface area contributed by atoms with Gasteiger partial charge in [-0.05, 0) is 61.1 Å². The number of hydrogen-bond donors (Lipinski definition) is 0. The summed E-state index contributed by atoms with van der Waals surface area (Å²) in [5.41, 5.74) is 2.77. The molecule has 32 heavy (non-hydrogen) atoms. The maximum atomic E-state index is 6.27. The van der Waals surface area contributed by atoms with Crippen LogP contribution in [0.2, 0.25) is 0 Å². The van der Waals surface area contributed by atoms with Gasteiger partial charge in [0.15, 0.2) is 0 Å². The highest BCUT2D eigenvalue weighted by Crippen LogP contribution is 2.40. The van der Waals surface area contributed by atoms with Crippen LogP contribution in [-0.2, 0) is 9.31 Å². The number of benzene rings is 4. The smallest absolute Gasteiger partial charge is 0.399 e. The molecular weight excluding hydrogens is 411 g/mol. The number of rotatable bonds is 2. The number of fused-ring (bicyclic) bond motifs is 5. The highest BCUT2D eigenvalue weighted by Gasteiger charge is 2.51. The molecular formula is C28H25BO2S. The van der Waals surface area contributed by atoms with Gasteiger partial charge in [-0.1, -0.05) is 72.8 Å². The summed E-state index contributed by atoms with van der Waals surface area (Å²) in [4.78, 5) is 0. The molecule has 1 aliphatic heterocycles. The highest BCUT2D eigenvalue weighted by atomic mass is 32.1. The molecule has 4 aromatic carbocycles. The fraction of sp³-hybridized carbons (Fsp3) is 0.214. The van der Waals surface area contributed by atoms with E-state index in [2.05, 4.69) is 107 Å². The first-order chi connectivity index (χ1) is 15.3. The van der Waals surface area contributed by atoms with E-state index in [-0.39, 0.29) is 18.3 Å². The largest absolute Gasteiger partial charge is 0.494 e. The van der Waals surface area contributed by atoms with Crippen molar-refractivity contribution < 1.29 is 9.31 Å². The minimum atomic E-state index is -0.348. The topological polar surface area (TPSA) is 18.5 Å². The van der Waals surface area contributed by atoms with Crippen molar-refractivity contribution >= 4 is 54.9 Å². The average molecular weight is 436 g/mol. The second kappa shape index (κ2) is 6.92. The van der Waals surface area contributed by atoms with Crippen LogP contribution >= 0.6 is 11.3 Å². The van der Waals surface area contributed by atoms with Crippen LogP contribution in [0.4, 0.5) is 0 Å². The lowest BCUT2D eigenvalue weighted by Crippen LogP contribution is -2.41. The Labute approximate surface area is 192 Å². The van der Waals surface area contributed by atoms with Gasteiger partial charge >= 0.3 is 7.12 Å². The molecule has 5 aromatic rings. The Morgan fingerprint density at radius 3 is 2.19 bits per heavy atom. The van der Waals surface area contributed by atoms with Crippen molar-refractivity contribution in [2.45, 2.75) is 38.9 Å². The summed E-state index contributed by atoms with van der Waals surface area (Å²) < 4.78 is 15.2. The van der Waals surface area contributed by atoms with Crippen molar-refractivity contribution in [2.24, 2.45) is 0 Å². The van der Waals surface area contributed by atoms with Crippen molar-refractivity contribution in [3.63, 3.8) is 0 Å². The van der Waals surface area contributed by atoms with Gasteiger partial charge in [-0.25, -0.2) is 0 Å². The van der Waals surface area contributed by atoms with Crippen LogP contribution in [0.15, 0.2) is 78.9 Å². The zero-order chi connectivity index (χ0) is 22.1. The first-order valence-corrected chi connectivity index (χ1v) is 11.9. The lowest BCUT2D eigenvalue weighted by Gasteiger charge is -2.32. The minimum Gasteiger partial charge on any atom is -0.399 e. The molecule has 1 aromatic heterocycles. The van der Waals surface area contributed by atoms with Gasteiger partial charge in [-0.15, -0.1) is 11.3 Å². The normalized spacial score (nSPS) is 17.6. The third-order valence-corrected chi connectivity index (χ3v) is 8.31. The summed E-state index contributed by atoms with van der Waals surface area (Å²) in [5, 5.41) is 5.28. The summed E-state index contributed by atoms with van der Waals surface area (Å²) in [7, 11) is -0.348. The van der Waals surface area contributed by atoms with Gasteiger partial charge in [0, 0.05) is 20.2 Å². The molecule has 0 N–H and O–H groups in total. The van der Waals surface area contributed by atoms with Crippen molar-refractivity contribution in [2.75, 3.05) is 0 Å². The maximum Gasteiger partial charge on any atom is 0.494 e. The predicted molar refractivity (Wildman–Crippen MR) is 138 cm³/mol. The van der Waals surface area contributed by atoms with E-state index in [9.17, 15) is 0 Å². The van der Waals surface area contributed by atoms with Crippen LogP contribution in [0.5, 0.6) is 0 Å². The molecule has 4 heteroatoms. The summed E-state index contributed by atoms with van der Waals surface area (Å²) >= 11 is 1.88. The molecule has 0 saturated carbocycles. The van der Waals surface area contributed by atoms with Crippen molar-refractivity contribution in [1.29, 1.82) is 0 Å². The van der Waals surface area contributed by atoms with Gasteiger partial charge in [0.05, 0.1) is 11.2 Å². The average Bonchev–Trinajstić information content (AvgIpc) is 3.26. The fourth-order valence-electron chi connectivity index (χ4n) is 4.53. The van der Waals surface area contributed by atoms with E-state index >= 15 is 0 Å². The molecule has 0 aliphatic carbocycles. The Hall–Kier alpha value is -2.66. The zero-order valence-corrected chi connectivity index (χ0v) is 19.6. The van der Waals surface area contributed by atoms with Crippen LogP contribution < -0.4 is 5.46 Å². The second-order valence-electron chi connectivity index (χ2n) is 9.69. The molecule has 158 valence electrons. The summed E-state index contributed by atoms with van der Waals surface area (Å²) in [6, 6.07) is 28.5. The van der Waals surface area contributed by atoms with Crippen molar-refractivity contribution in [3.05, 3.63) is 78.9 Å². The van der Waals surface area contributed by atoms with E-state index in [1.807, 2.05) is 11.3 Å². The number of thiophene rings is 1. The monoisotopic (exact) mass is 436 g/mol. The Morgan fingerprint density at radius 1 is 0.656 bits per heavy atom. The van der Waals surface area contributed by atoms with E-state index in [1.54, 1.807) is 0 Å². The maximum absolute atomic E-state index is 6.27. The molecule has 2 nitrogen and oxygen atoms in total. The zero-order valence-electron chi connectivity index (χ0n) is 18.8. The Balaban J connectivity index is 1.43. The van der Waals surface area contributed by atoms with Gasteiger partial charge in [-0.2, -0.15) is 0 Å². The predicted octanol–water partition coefficient (Wildman–Crippen LogP) is 7.17. The van der Waals surface area contributed by atoms with Crippen molar-refractivity contribution in [3.8, 4) is 11.1 Å². The van der Waals surface area contributed by atoms with E-state index in [4.69, 9.17) is 9.31 Å². The Morgan fingerprint density at radius 2 is 1.38 bits per heavy atom. The van der Waals surface area contributed by atoms with E-state index < -0.39 is 0 Å². The summed E-state index contributed by atoms with van der Waals surface area (Å²) in [5.74, 6) is 0. The first-order valence-electron chi connectivity index (χ1n) is 11.1. The molecule has 0 atom stereocenters. The SMILES string of the molecule is CC1(C)OB(c2cccc(-c3ccc4c(c3)sc3c5ccccc5ccc43)c2)OC1(C)C. The fourth-order valence-corrected chi connectivity index (χ4v) is 5.81. The Bertz CT molecular complexity index is 1480. The molecule has 6 rings (SSSR count). The molecule has 0 radical (unpaired) electrons. The second-order valence-corrected chi connectivity index (χ2v) is 10.7. The van der Waals surface area contributed by atoms with E-state index in [1.165, 1.54) is 42.1 Å². The standard InChI is InChI=1S/C28H25BO2S/c1-27(2)28(3,4)31-29(30-27)21-10-7-9-19(16-21)20-13-14-23-24-15-12-18-8-5-6-11-22(18)26(24)32-25(23)17-20/h5-17H,1-4H3. The molecule has 1 aliphatic rings. The van der Waals surface area contributed by atoms with Gasteiger partial charge < -0.3 is 9.31 Å². The van der Waals surface area contributed by atoms with Gasteiger partial charge in [-0.3, -0.25) is 0 Å². The minimum absolute atomic E-state index is 0.341. The van der Waals surface area contributed by atoms with Crippen LogP contribution in [0.3, 0.4) is 0 Å².